The molecule has 0 amide bonds. The molecule has 0 saturated carbocycles. The summed E-state index contributed by atoms with van der Waals surface area (Å²) in [5, 5.41) is 9.26. The van der Waals surface area contributed by atoms with E-state index in [-0.39, 0.29) is 0 Å². The molecule has 0 N–H and O–H groups in total. The van der Waals surface area contributed by atoms with E-state index in [0.717, 1.165) is 43.5 Å². The van der Waals surface area contributed by atoms with Gasteiger partial charge in [0.2, 0.25) is 0 Å². The molecular formula is C17H18N6. The Kier molecular flexibility index (Phi) is 3.34. The fraction of sp³-hybridized carbons (Fsp3) is 0.412. The highest BCUT2D eigenvalue weighted by molar-refractivity contribution is 5.55. The maximum atomic E-state index is 9.26. The summed E-state index contributed by atoms with van der Waals surface area (Å²) in [5.41, 5.74) is 1.66. The molecule has 2 aromatic heterocycles. The first-order valence-electron chi connectivity index (χ1n) is 7.88. The van der Waals surface area contributed by atoms with E-state index in [0.29, 0.717) is 17.4 Å². The number of aromatic nitrogens is 3. The third-order valence-electron chi connectivity index (χ3n) is 4.81. The lowest BCUT2D eigenvalue weighted by Gasteiger charge is -2.23. The van der Waals surface area contributed by atoms with E-state index in [1.54, 1.807) is 12.5 Å². The summed E-state index contributed by atoms with van der Waals surface area (Å²) in [6, 6.07) is 7.95. The van der Waals surface area contributed by atoms with Crippen LogP contribution in [0.2, 0.25) is 0 Å². The lowest BCUT2D eigenvalue weighted by Crippen LogP contribution is -2.30. The number of rotatable bonds is 2. The zero-order valence-corrected chi connectivity index (χ0v) is 13.1. The summed E-state index contributed by atoms with van der Waals surface area (Å²) in [7, 11) is 0. The van der Waals surface area contributed by atoms with Crippen molar-refractivity contribution < 1.29 is 0 Å². The van der Waals surface area contributed by atoms with Gasteiger partial charge in [-0.05, 0) is 19.1 Å². The second-order valence-corrected chi connectivity index (χ2v) is 6.33. The number of anilines is 2. The van der Waals surface area contributed by atoms with Crippen molar-refractivity contribution in [2.45, 2.75) is 6.92 Å². The molecule has 2 unspecified atom stereocenters. The second kappa shape index (κ2) is 5.51. The first kappa shape index (κ1) is 13.9. The van der Waals surface area contributed by atoms with Gasteiger partial charge in [-0.1, -0.05) is 0 Å². The first-order valence-corrected chi connectivity index (χ1v) is 7.88. The van der Waals surface area contributed by atoms with Gasteiger partial charge in [0.05, 0.1) is 5.56 Å². The van der Waals surface area contributed by atoms with Gasteiger partial charge >= 0.3 is 0 Å². The van der Waals surface area contributed by atoms with E-state index in [4.69, 9.17) is 0 Å². The smallest absolute Gasteiger partial charge is 0.146 e. The van der Waals surface area contributed by atoms with Crippen LogP contribution in [0.4, 0.5) is 11.6 Å². The molecule has 23 heavy (non-hydrogen) atoms. The lowest BCUT2D eigenvalue weighted by atomic mass is 10.0. The monoisotopic (exact) mass is 306 g/mol. The molecule has 2 aliphatic rings. The summed E-state index contributed by atoms with van der Waals surface area (Å²) in [5.74, 6) is 3.04. The van der Waals surface area contributed by atoms with Crippen LogP contribution in [0.15, 0.2) is 30.7 Å². The Morgan fingerprint density at radius 2 is 1.83 bits per heavy atom. The number of pyridine rings is 1. The Labute approximate surface area is 135 Å². The lowest BCUT2D eigenvalue weighted by molar-refractivity contribution is 0.533. The average Bonchev–Trinajstić information content (AvgIpc) is 3.13. The predicted octanol–water partition coefficient (Wildman–Crippen LogP) is 1.62. The minimum Gasteiger partial charge on any atom is -0.356 e. The van der Waals surface area contributed by atoms with Crippen LogP contribution >= 0.6 is 0 Å². The minimum absolute atomic E-state index is 0.596. The third kappa shape index (κ3) is 2.48. The van der Waals surface area contributed by atoms with Gasteiger partial charge in [0.25, 0.3) is 0 Å². The molecule has 6 heteroatoms. The van der Waals surface area contributed by atoms with E-state index < -0.39 is 0 Å². The summed E-state index contributed by atoms with van der Waals surface area (Å²) < 4.78 is 0. The molecule has 116 valence electrons. The fourth-order valence-corrected chi connectivity index (χ4v) is 3.70. The van der Waals surface area contributed by atoms with E-state index in [2.05, 4.69) is 30.8 Å². The Hall–Kier alpha value is -2.68. The molecule has 0 spiro atoms. The zero-order chi connectivity index (χ0) is 15.8. The van der Waals surface area contributed by atoms with E-state index >= 15 is 0 Å². The number of hydrogen-bond acceptors (Lipinski definition) is 6. The maximum Gasteiger partial charge on any atom is 0.146 e. The molecule has 6 nitrogen and oxygen atoms in total. The van der Waals surface area contributed by atoms with Crippen LogP contribution in [0, 0.1) is 30.1 Å². The Morgan fingerprint density at radius 1 is 1.09 bits per heavy atom. The van der Waals surface area contributed by atoms with Crippen molar-refractivity contribution in [3.8, 4) is 6.07 Å². The summed E-state index contributed by atoms with van der Waals surface area (Å²) in [6.07, 6.45) is 3.40. The highest BCUT2D eigenvalue weighted by Crippen LogP contribution is 2.35. The highest BCUT2D eigenvalue weighted by atomic mass is 15.3. The molecule has 0 radical (unpaired) electrons. The van der Waals surface area contributed by atoms with Crippen molar-refractivity contribution in [3.05, 3.63) is 42.0 Å². The van der Waals surface area contributed by atoms with Crippen molar-refractivity contribution in [2.24, 2.45) is 11.8 Å². The normalized spacial score (nSPS) is 23.0. The molecule has 2 fully saturated rings. The molecule has 0 aliphatic carbocycles. The van der Waals surface area contributed by atoms with Crippen LogP contribution in [0.3, 0.4) is 0 Å². The van der Waals surface area contributed by atoms with Gasteiger partial charge in [-0.2, -0.15) is 5.26 Å². The van der Waals surface area contributed by atoms with Gasteiger partial charge in [0, 0.05) is 56.0 Å². The molecule has 2 aromatic rings. The van der Waals surface area contributed by atoms with Gasteiger partial charge in [-0.25, -0.2) is 15.0 Å². The van der Waals surface area contributed by atoms with Crippen molar-refractivity contribution >= 4 is 11.6 Å². The Balaban J connectivity index is 1.49. The Morgan fingerprint density at radius 3 is 2.52 bits per heavy atom. The topological polar surface area (TPSA) is 68.9 Å². The summed E-state index contributed by atoms with van der Waals surface area (Å²) in [6.45, 7) is 5.92. The van der Waals surface area contributed by atoms with Gasteiger partial charge < -0.3 is 9.80 Å². The molecule has 2 aliphatic heterocycles. The third-order valence-corrected chi connectivity index (χ3v) is 4.81. The van der Waals surface area contributed by atoms with Crippen molar-refractivity contribution in [1.82, 2.24) is 15.0 Å². The van der Waals surface area contributed by atoms with Crippen LogP contribution < -0.4 is 9.80 Å². The van der Waals surface area contributed by atoms with Crippen LogP contribution in [0.25, 0.3) is 0 Å². The molecule has 0 aromatic carbocycles. The second-order valence-electron chi connectivity index (χ2n) is 6.33. The van der Waals surface area contributed by atoms with Gasteiger partial charge in [-0.15, -0.1) is 0 Å². The molecule has 0 bridgehead atoms. The van der Waals surface area contributed by atoms with Crippen molar-refractivity contribution in [2.75, 3.05) is 36.0 Å². The quantitative estimate of drug-likeness (QED) is 0.840. The number of fused-ring (bicyclic) bond motifs is 1. The van der Waals surface area contributed by atoms with Crippen LogP contribution in [-0.4, -0.2) is 41.1 Å². The number of nitriles is 1. The van der Waals surface area contributed by atoms with Gasteiger partial charge in [0.1, 0.15) is 24.0 Å². The zero-order valence-electron chi connectivity index (χ0n) is 13.1. The molecule has 2 atom stereocenters. The minimum atomic E-state index is 0.596. The highest BCUT2D eigenvalue weighted by Gasteiger charge is 2.41. The summed E-state index contributed by atoms with van der Waals surface area (Å²) >= 11 is 0. The first-order chi connectivity index (χ1) is 11.2. The Bertz CT molecular complexity index is 754. The standard InChI is InChI=1S/C17H18N6/c1-12-5-16(21-11-20-12)22-7-14-9-23(10-15(14)8-22)17-13(6-18)3-2-4-19-17/h2-5,11,14-15H,7-10H2,1H3. The van der Waals surface area contributed by atoms with E-state index in [1.165, 1.54) is 0 Å². The number of hydrogen-bond donors (Lipinski definition) is 0. The van der Waals surface area contributed by atoms with Gasteiger partial charge in [0.15, 0.2) is 0 Å². The van der Waals surface area contributed by atoms with E-state index in [9.17, 15) is 5.26 Å². The molecule has 4 rings (SSSR count). The van der Waals surface area contributed by atoms with Gasteiger partial charge in [-0.3, -0.25) is 0 Å². The van der Waals surface area contributed by atoms with Crippen molar-refractivity contribution in [3.63, 3.8) is 0 Å². The van der Waals surface area contributed by atoms with Crippen LogP contribution in [0.1, 0.15) is 11.3 Å². The van der Waals surface area contributed by atoms with Crippen LogP contribution in [0.5, 0.6) is 0 Å². The molecular weight excluding hydrogens is 288 g/mol. The average molecular weight is 306 g/mol. The van der Waals surface area contributed by atoms with Crippen molar-refractivity contribution in [1.29, 1.82) is 5.26 Å². The molecule has 4 heterocycles. The van der Waals surface area contributed by atoms with E-state index in [1.807, 2.05) is 25.1 Å². The SMILES string of the molecule is Cc1cc(N2CC3CN(c4ncccc4C#N)CC3C2)ncn1. The number of aryl methyl sites for hydroxylation is 1. The molecule has 2 saturated heterocycles. The largest absolute Gasteiger partial charge is 0.356 e. The fourth-order valence-electron chi connectivity index (χ4n) is 3.70. The predicted molar refractivity (Wildman–Crippen MR) is 87.1 cm³/mol. The van der Waals surface area contributed by atoms with Crippen LogP contribution in [-0.2, 0) is 0 Å². The number of nitrogens with zero attached hydrogens (tertiary/aromatic N) is 6. The maximum absolute atomic E-state index is 9.26. The summed E-state index contributed by atoms with van der Waals surface area (Å²) in [4.78, 5) is 17.6.